The van der Waals surface area contributed by atoms with Crippen LogP contribution >= 0.6 is 0 Å². The smallest absolute Gasteiger partial charge is 0.166 e. The number of aliphatic hydroxyl groups excluding tert-OH is 1. The summed E-state index contributed by atoms with van der Waals surface area (Å²) in [6, 6.07) is 8.14. The third-order valence-electron chi connectivity index (χ3n) is 5.12. The second-order valence-corrected chi connectivity index (χ2v) is 6.22. The molecule has 2 aliphatic heterocycles. The monoisotopic (exact) mass is 310 g/mol. The maximum atomic E-state index is 14.0. The molecule has 3 atom stereocenters. The first-order valence-corrected chi connectivity index (χ1v) is 7.76. The minimum absolute atomic E-state index is 0.0262. The van der Waals surface area contributed by atoms with Gasteiger partial charge in [0, 0.05) is 18.0 Å². The molecule has 5 nitrogen and oxygen atoms in total. The normalized spacial score (nSPS) is 25.0. The number of halogens is 1. The average molecular weight is 310 g/mol. The van der Waals surface area contributed by atoms with Crippen molar-refractivity contribution in [1.82, 2.24) is 19.3 Å². The minimum Gasteiger partial charge on any atom is -0.386 e. The number of hydrogen-bond acceptors (Lipinski definition) is 3. The second-order valence-electron chi connectivity index (χ2n) is 6.22. The number of fused-ring (bicyclic) bond motifs is 4. The Labute approximate surface area is 132 Å². The highest BCUT2D eigenvalue weighted by Crippen LogP contribution is 2.48. The van der Waals surface area contributed by atoms with E-state index >= 15 is 0 Å². The SMILES string of the molecule is OC1c2c(F)cnn2CCC1C1c2ccccc2-c2cncn21. The van der Waals surface area contributed by atoms with E-state index in [9.17, 15) is 9.50 Å². The van der Waals surface area contributed by atoms with Crippen molar-refractivity contribution in [3.8, 4) is 11.3 Å². The lowest BCUT2D eigenvalue weighted by atomic mass is 9.83. The predicted octanol–water partition coefficient (Wildman–Crippen LogP) is 2.54. The van der Waals surface area contributed by atoms with Gasteiger partial charge >= 0.3 is 0 Å². The highest BCUT2D eigenvalue weighted by atomic mass is 19.1. The highest BCUT2D eigenvalue weighted by molar-refractivity contribution is 5.69. The maximum Gasteiger partial charge on any atom is 0.166 e. The quantitative estimate of drug-likeness (QED) is 0.751. The van der Waals surface area contributed by atoms with E-state index in [1.54, 1.807) is 11.0 Å². The summed E-state index contributed by atoms with van der Waals surface area (Å²) in [5.74, 6) is -0.537. The zero-order valence-electron chi connectivity index (χ0n) is 12.3. The lowest BCUT2D eigenvalue weighted by molar-refractivity contribution is 0.0492. The molecule has 1 aromatic carbocycles. The Bertz CT molecular complexity index is 900. The number of nitrogens with zero attached hydrogens (tertiary/aromatic N) is 4. The van der Waals surface area contributed by atoms with Gasteiger partial charge in [-0.1, -0.05) is 24.3 Å². The third-order valence-corrected chi connectivity index (χ3v) is 5.12. The molecule has 3 aromatic rings. The van der Waals surface area contributed by atoms with Crippen LogP contribution in [-0.2, 0) is 6.54 Å². The molecular formula is C17H15FN4O. The summed E-state index contributed by atoms with van der Waals surface area (Å²) in [4.78, 5) is 4.25. The zero-order chi connectivity index (χ0) is 15.6. The number of aromatic nitrogens is 4. The molecule has 4 heterocycles. The molecule has 1 N–H and O–H groups in total. The second kappa shape index (κ2) is 4.52. The van der Waals surface area contributed by atoms with Gasteiger partial charge in [0.2, 0.25) is 0 Å². The Balaban J connectivity index is 1.65. The van der Waals surface area contributed by atoms with Gasteiger partial charge in [0.05, 0.1) is 30.5 Å². The van der Waals surface area contributed by atoms with E-state index in [2.05, 4.69) is 26.8 Å². The van der Waals surface area contributed by atoms with Gasteiger partial charge in [0.15, 0.2) is 5.82 Å². The Morgan fingerprint density at radius 3 is 3.00 bits per heavy atom. The molecule has 0 saturated heterocycles. The standard InChI is InChI=1S/C17H15FN4O/c18-13-7-20-22-6-5-12(17(23)16(13)22)15-11-4-2-1-3-10(11)14-8-19-9-21(14)15/h1-4,7-9,12,15,17,23H,5-6H2. The molecule has 116 valence electrons. The number of imidazole rings is 1. The van der Waals surface area contributed by atoms with E-state index in [0.29, 0.717) is 12.2 Å². The van der Waals surface area contributed by atoms with Gasteiger partial charge in [-0.15, -0.1) is 0 Å². The first-order chi connectivity index (χ1) is 11.3. The number of aryl methyl sites for hydroxylation is 1. The van der Waals surface area contributed by atoms with Crippen LogP contribution in [0.2, 0.25) is 0 Å². The molecule has 0 fully saturated rings. The van der Waals surface area contributed by atoms with Crippen LogP contribution in [0.25, 0.3) is 11.3 Å². The summed E-state index contributed by atoms with van der Waals surface area (Å²) in [5, 5.41) is 14.8. The lowest BCUT2D eigenvalue weighted by Crippen LogP contribution is -2.31. The van der Waals surface area contributed by atoms with Crippen LogP contribution in [0.1, 0.15) is 29.8 Å². The Hall–Kier alpha value is -2.47. The highest BCUT2D eigenvalue weighted by Gasteiger charge is 2.42. The average Bonchev–Trinajstić information content (AvgIpc) is 3.23. The molecule has 0 spiro atoms. The van der Waals surface area contributed by atoms with Crippen molar-refractivity contribution in [3.63, 3.8) is 0 Å². The topological polar surface area (TPSA) is 55.9 Å². The van der Waals surface area contributed by atoms with Crippen LogP contribution in [0, 0.1) is 11.7 Å². The van der Waals surface area contributed by atoms with Crippen LogP contribution in [0.15, 0.2) is 43.0 Å². The molecular weight excluding hydrogens is 295 g/mol. The molecule has 3 unspecified atom stereocenters. The van der Waals surface area contributed by atoms with Gasteiger partial charge in [0.1, 0.15) is 11.8 Å². The molecule has 0 bridgehead atoms. The summed E-state index contributed by atoms with van der Waals surface area (Å²) in [6.45, 7) is 0.615. The van der Waals surface area contributed by atoms with Crippen LogP contribution in [0.3, 0.4) is 0 Å². The molecule has 2 aliphatic rings. The van der Waals surface area contributed by atoms with Crippen LogP contribution in [0.5, 0.6) is 0 Å². The number of aliphatic hydroxyl groups is 1. The Morgan fingerprint density at radius 1 is 1.22 bits per heavy atom. The van der Waals surface area contributed by atoms with Gasteiger partial charge in [-0.05, 0) is 12.0 Å². The van der Waals surface area contributed by atoms with Gasteiger partial charge in [-0.2, -0.15) is 5.10 Å². The predicted molar refractivity (Wildman–Crippen MR) is 81.1 cm³/mol. The molecule has 0 saturated carbocycles. The lowest BCUT2D eigenvalue weighted by Gasteiger charge is -2.34. The van der Waals surface area contributed by atoms with Crippen LogP contribution in [0.4, 0.5) is 4.39 Å². The van der Waals surface area contributed by atoms with E-state index in [0.717, 1.165) is 17.7 Å². The summed E-state index contributed by atoms with van der Waals surface area (Å²) >= 11 is 0. The van der Waals surface area contributed by atoms with Crippen molar-refractivity contribution in [2.45, 2.75) is 25.1 Å². The first-order valence-electron chi connectivity index (χ1n) is 7.76. The van der Waals surface area contributed by atoms with Crippen LogP contribution < -0.4 is 0 Å². The molecule has 6 heteroatoms. The van der Waals surface area contributed by atoms with Crippen molar-refractivity contribution < 1.29 is 9.50 Å². The molecule has 23 heavy (non-hydrogen) atoms. The summed E-state index contributed by atoms with van der Waals surface area (Å²) in [6.07, 6.45) is 4.70. The van der Waals surface area contributed by atoms with Gasteiger partial charge in [0.25, 0.3) is 0 Å². The third kappa shape index (κ3) is 1.64. The number of rotatable bonds is 1. The summed E-state index contributed by atoms with van der Waals surface area (Å²) < 4.78 is 17.7. The largest absolute Gasteiger partial charge is 0.386 e. The van der Waals surface area contributed by atoms with Crippen molar-refractivity contribution in [1.29, 1.82) is 0 Å². The van der Waals surface area contributed by atoms with E-state index in [1.807, 2.05) is 18.3 Å². The Kier molecular flexibility index (Phi) is 2.56. The molecule has 0 radical (unpaired) electrons. The van der Waals surface area contributed by atoms with E-state index in [1.165, 1.54) is 11.8 Å². The first kappa shape index (κ1) is 13.0. The fourth-order valence-corrected chi connectivity index (χ4v) is 4.12. The van der Waals surface area contributed by atoms with E-state index in [-0.39, 0.29) is 12.0 Å². The van der Waals surface area contributed by atoms with Crippen molar-refractivity contribution in [2.75, 3.05) is 0 Å². The van der Waals surface area contributed by atoms with Crippen molar-refractivity contribution in [2.24, 2.45) is 5.92 Å². The number of hydrogen-bond donors (Lipinski definition) is 1. The van der Waals surface area contributed by atoms with Crippen molar-refractivity contribution >= 4 is 0 Å². The van der Waals surface area contributed by atoms with Gasteiger partial charge in [-0.25, -0.2) is 9.37 Å². The Morgan fingerprint density at radius 2 is 2.09 bits per heavy atom. The minimum atomic E-state index is -0.877. The summed E-state index contributed by atoms with van der Waals surface area (Å²) in [5.41, 5.74) is 3.66. The molecule has 0 aliphatic carbocycles. The molecule has 0 amide bonds. The maximum absolute atomic E-state index is 14.0. The summed E-state index contributed by atoms with van der Waals surface area (Å²) in [7, 11) is 0. The fourth-order valence-electron chi connectivity index (χ4n) is 4.12. The van der Waals surface area contributed by atoms with E-state index < -0.39 is 11.9 Å². The van der Waals surface area contributed by atoms with Gasteiger partial charge < -0.3 is 9.67 Å². The zero-order valence-corrected chi connectivity index (χ0v) is 12.3. The van der Waals surface area contributed by atoms with Gasteiger partial charge in [-0.3, -0.25) is 4.68 Å². The molecule has 5 rings (SSSR count). The van der Waals surface area contributed by atoms with E-state index in [4.69, 9.17) is 0 Å². The fraction of sp³-hybridized carbons (Fsp3) is 0.294. The van der Waals surface area contributed by atoms with Crippen LogP contribution in [-0.4, -0.2) is 24.4 Å². The number of benzene rings is 1. The molecule has 2 aromatic heterocycles. The van der Waals surface area contributed by atoms with Crippen molar-refractivity contribution in [3.05, 3.63) is 60.1 Å².